The quantitative estimate of drug-likeness (QED) is 0.602. The highest BCUT2D eigenvalue weighted by molar-refractivity contribution is 5.71. The van der Waals surface area contributed by atoms with E-state index in [1.165, 1.54) is 0 Å². The Morgan fingerprint density at radius 3 is 1.86 bits per heavy atom. The van der Waals surface area contributed by atoms with Gasteiger partial charge in [0.05, 0.1) is 14.2 Å². The van der Waals surface area contributed by atoms with E-state index in [0.717, 1.165) is 22.6 Å². The molecule has 4 heteroatoms. The van der Waals surface area contributed by atoms with E-state index < -0.39 is 0 Å². The van der Waals surface area contributed by atoms with Gasteiger partial charge >= 0.3 is 0 Å². The van der Waals surface area contributed by atoms with E-state index >= 15 is 0 Å². The maximum atomic E-state index is 10.2. The number of ether oxygens (including phenoxy) is 3. The van der Waals surface area contributed by atoms with Crippen LogP contribution >= 0.6 is 0 Å². The molecule has 0 aliphatic carbocycles. The number of hydrogen-bond acceptors (Lipinski definition) is 4. The second-order valence-electron chi connectivity index (χ2n) is 4.26. The molecule has 0 saturated carbocycles. The highest BCUT2D eigenvalue weighted by Gasteiger charge is 1.99. The van der Waals surface area contributed by atoms with E-state index in [9.17, 15) is 4.79 Å². The van der Waals surface area contributed by atoms with Crippen LogP contribution in [0.25, 0.3) is 12.2 Å². The standard InChI is InChI=1S/C17H16O4/c1-19-16-9-14(10-17(11-16)20-2)4-3-13-5-7-15(8-6-13)21-12-18/h3-12H,1-2H3. The lowest BCUT2D eigenvalue weighted by Crippen LogP contribution is -1.88. The third-order valence-corrected chi connectivity index (χ3v) is 2.91. The Balaban J connectivity index is 2.18. The Hall–Kier alpha value is -2.75. The van der Waals surface area contributed by atoms with Crippen LogP contribution in [0.2, 0.25) is 0 Å². The topological polar surface area (TPSA) is 44.8 Å². The summed E-state index contributed by atoms with van der Waals surface area (Å²) in [4.78, 5) is 10.2. The summed E-state index contributed by atoms with van der Waals surface area (Å²) in [6, 6.07) is 12.9. The van der Waals surface area contributed by atoms with Gasteiger partial charge in [0.25, 0.3) is 6.47 Å². The van der Waals surface area contributed by atoms with Crippen LogP contribution in [-0.4, -0.2) is 20.7 Å². The number of methoxy groups -OCH3 is 2. The fourth-order valence-corrected chi connectivity index (χ4v) is 1.83. The van der Waals surface area contributed by atoms with Gasteiger partial charge in [0, 0.05) is 6.07 Å². The molecule has 0 bridgehead atoms. The van der Waals surface area contributed by atoms with Crippen molar-refractivity contribution in [1.29, 1.82) is 0 Å². The van der Waals surface area contributed by atoms with Crippen LogP contribution in [0.4, 0.5) is 0 Å². The molecule has 0 radical (unpaired) electrons. The molecule has 2 aromatic carbocycles. The van der Waals surface area contributed by atoms with Crippen LogP contribution in [0.15, 0.2) is 42.5 Å². The minimum atomic E-state index is 0.410. The van der Waals surface area contributed by atoms with Crippen molar-refractivity contribution in [3.63, 3.8) is 0 Å². The van der Waals surface area contributed by atoms with Gasteiger partial charge in [-0.3, -0.25) is 4.79 Å². The molecule has 108 valence electrons. The fraction of sp³-hybridized carbons (Fsp3) is 0.118. The molecular formula is C17H16O4. The van der Waals surface area contributed by atoms with E-state index in [0.29, 0.717) is 12.2 Å². The summed E-state index contributed by atoms with van der Waals surface area (Å²) in [5.41, 5.74) is 1.97. The lowest BCUT2D eigenvalue weighted by molar-refractivity contribution is -0.120. The Morgan fingerprint density at radius 2 is 1.33 bits per heavy atom. The minimum Gasteiger partial charge on any atom is -0.497 e. The maximum Gasteiger partial charge on any atom is 0.298 e. The molecule has 0 aliphatic rings. The number of rotatable bonds is 6. The largest absolute Gasteiger partial charge is 0.497 e. The Labute approximate surface area is 123 Å². The van der Waals surface area contributed by atoms with Crippen molar-refractivity contribution in [1.82, 2.24) is 0 Å². The molecular weight excluding hydrogens is 268 g/mol. The number of carbonyl (C=O) groups excluding carboxylic acids is 1. The van der Waals surface area contributed by atoms with Crippen molar-refractivity contribution in [2.75, 3.05) is 14.2 Å². The average Bonchev–Trinajstić information content (AvgIpc) is 2.54. The van der Waals surface area contributed by atoms with Crippen molar-refractivity contribution in [3.05, 3.63) is 53.6 Å². The molecule has 0 heterocycles. The van der Waals surface area contributed by atoms with Gasteiger partial charge in [-0.2, -0.15) is 0 Å². The van der Waals surface area contributed by atoms with Crippen LogP contribution in [0, 0.1) is 0 Å². The van der Waals surface area contributed by atoms with Gasteiger partial charge in [-0.1, -0.05) is 24.3 Å². The number of benzene rings is 2. The van der Waals surface area contributed by atoms with Gasteiger partial charge in [0.1, 0.15) is 17.2 Å². The zero-order chi connectivity index (χ0) is 15.1. The fourth-order valence-electron chi connectivity index (χ4n) is 1.83. The van der Waals surface area contributed by atoms with Crippen molar-refractivity contribution in [3.8, 4) is 17.2 Å². The van der Waals surface area contributed by atoms with Crippen LogP contribution in [0.1, 0.15) is 11.1 Å². The van der Waals surface area contributed by atoms with Crippen LogP contribution in [0.5, 0.6) is 17.2 Å². The molecule has 0 unspecified atom stereocenters. The van der Waals surface area contributed by atoms with Gasteiger partial charge in [0.2, 0.25) is 0 Å². The molecule has 0 fully saturated rings. The molecule has 0 N–H and O–H groups in total. The highest BCUT2D eigenvalue weighted by Crippen LogP contribution is 2.24. The van der Waals surface area contributed by atoms with E-state index in [-0.39, 0.29) is 0 Å². The summed E-state index contributed by atoms with van der Waals surface area (Å²) in [5.74, 6) is 2.00. The first-order valence-corrected chi connectivity index (χ1v) is 6.36. The summed E-state index contributed by atoms with van der Waals surface area (Å²) < 4.78 is 15.2. The first kappa shape index (κ1) is 14.7. The van der Waals surface area contributed by atoms with Crippen molar-refractivity contribution < 1.29 is 19.0 Å². The van der Waals surface area contributed by atoms with Crippen molar-refractivity contribution in [2.45, 2.75) is 0 Å². The monoisotopic (exact) mass is 284 g/mol. The van der Waals surface area contributed by atoms with Crippen LogP contribution in [0.3, 0.4) is 0 Å². The second-order valence-corrected chi connectivity index (χ2v) is 4.26. The smallest absolute Gasteiger partial charge is 0.298 e. The van der Waals surface area contributed by atoms with E-state index in [2.05, 4.69) is 0 Å². The molecule has 21 heavy (non-hydrogen) atoms. The highest BCUT2D eigenvalue weighted by atomic mass is 16.5. The molecule has 0 atom stereocenters. The van der Waals surface area contributed by atoms with E-state index in [1.807, 2.05) is 42.5 Å². The Morgan fingerprint density at radius 1 is 0.762 bits per heavy atom. The zero-order valence-electron chi connectivity index (χ0n) is 11.9. The van der Waals surface area contributed by atoms with Crippen LogP contribution in [-0.2, 0) is 4.79 Å². The van der Waals surface area contributed by atoms with Gasteiger partial charge < -0.3 is 14.2 Å². The average molecular weight is 284 g/mol. The Kier molecular flexibility index (Phi) is 4.99. The maximum absolute atomic E-state index is 10.2. The van der Waals surface area contributed by atoms with Crippen molar-refractivity contribution in [2.24, 2.45) is 0 Å². The normalized spacial score (nSPS) is 10.4. The third-order valence-electron chi connectivity index (χ3n) is 2.91. The minimum absolute atomic E-state index is 0.410. The molecule has 0 spiro atoms. The predicted molar refractivity (Wildman–Crippen MR) is 81.6 cm³/mol. The first-order valence-electron chi connectivity index (χ1n) is 6.36. The molecule has 0 saturated heterocycles. The van der Waals surface area contributed by atoms with Gasteiger partial charge in [-0.25, -0.2) is 0 Å². The van der Waals surface area contributed by atoms with E-state index in [4.69, 9.17) is 14.2 Å². The van der Waals surface area contributed by atoms with Gasteiger partial charge in [0.15, 0.2) is 0 Å². The van der Waals surface area contributed by atoms with Gasteiger partial charge in [-0.15, -0.1) is 0 Å². The van der Waals surface area contributed by atoms with Crippen molar-refractivity contribution >= 4 is 18.6 Å². The summed E-state index contributed by atoms with van der Waals surface area (Å²) in [6.07, 6.45) is 3.92. The van der Waals surface area contributed by atoms with Crippen LogP contribution < -0.4 is 14.2 Å². The number of carbonyl (C=O) groups is 1. The molecule has 2 rings (SSSR count). The SMILES string of the molecule is COc1cc(C=Cc2ccc(OC=O)cc2)cc(OC)c1. The lowest BCUT2D eigenvalue weighted by Gasteiger charge is -2.05. The second kappa shape index (κ2) is 7.14. The summed E-state index contributed by atoms with van der Waals surface area (Å²) in [5, 5.41) is 0. The molecule has 0 aliphatic heterocycles. The summed E-state index contributed by atoms with van der Waals surface area (Å²) in [7, 11) is 3.24. The summed E-state index contributed by atoms with van der Waals surface area (Å²) in [6.45, 7) is 0.410. The molecule has 4 nitrogen and oxygen atoms in total. The van der Waals surface area contributed by atoms with E-state index in [1.54, 1.807) is 26.4 Å². The first-order chi connectivity index (χ1) is 10.2. The zero-order valence-corrected chi connectivity index (χ0v) is 11.9. The number of hydrogen-bond donors (Lipinski definition) is 0. The van der Waals surface area contributed by atoms with Gasteiger partial charge in [-0.05, 0) is 35.4 Å². The predicted octanol–water partition coefficient (Wildman–Crippen LogP) is 3.41. The third kappa shape index (κ3) is 4.11. The molecule has 0 aromatic heterocycles. The lowest BCUT2D eigenvalue weighted by atomic mass is 10.1. The Bertz CT molecular complexity index is 607. The molecule has 0 amide bonds. The summed E-state index contributed by atoms with van der Waals surface area (Å²) >= 11 is 0. The molecule has 2 aromatic rings.